The van der Waals surface area contributed by atoms with E-state index in [2.05, 4.69) is 27.4 Å². The van der Waals surface area contributed by atoms with E-state index >= 15 is 0 Å². The average Bonchev–Trinajstić information content (AvgIpc) is 2.74. The number of anilines is 2. The summed E-state index contributed by atoms with van der Waals surface area (Å²) in [6.45, 7) is 4.07. The summed E-state index contributed by atoms with van der Waals surface area (Å²) in [5, 5.41) is 13.8. The SMILES string of the molecule is COc1ccc(-c2nc(SC)nc(Nc3ccc(C)cc3C)c2C#N)cc1OC. The molecule has 0 bridgehead atoms. The molecule has 6 nitrogen and oxygen atoms in total. The Morgan fingerprint density at radius 2 is 1.76 bits per heavy atom. The molecule has 1 N–H and O–H groups in total. The van der Waals surface area contributed by atoms with Crippen molar-refractivity contribution >= 4 is 23.3 Å². The van der Waals surface area contributed by atoms with Crippen LogP contribution in [-0.2, 0) is 0 Å². The van der Waals surface area contributed by atoms with Crippen LogP contribution in [0.5, 0.6) is 11.5 Å². The third-order valence-electron chi connectivity index (χ3n) is 4.47. The van der Waals surface area contributed by atoms with Gasteiger partial charge in [0.1, 0.15) is 11.6 Å². The van der Waals surface area contributed by atoms with Crippen LogP contribution in [0.1, 0.15) is 16.7 Å². The number of rotatable bonds is 6. The van der Waals surface area contributed by atoms with Crippen molar-refractivity contribution in [3.63, 3.8) is 0 Å². The van der Waals surface area contributed by atoms with Crippen LogP contribution >= 0.6 is 11.8 Å². The maximum atomic E-state index is 9.91. The lowest BCUT2D eigenvalue weighted by Gasteiger charge is -2.15. The summed E-state index contributed by atoms with van der Waals surface area (Å²) >= 11 is 1.42. The first-order chi connectivity index (χ1) is 14.0. The van der Waals surface area contributed by atoms with Gasteiger partial charge in [0.25, 0.3) is 0 Å². The standard InChI is InChI=1S/C22H22N4O2S/c1-13-6-8-17(14(2)10-13)24-21-16(12-23)20(25-22(26-21)29-5)15-7-9-18(27-3)19(11-15)28-4/h6-11H,1-5H3,(H,24,25,26). The quantitative estimate of drug-likeness (QED) is 0.450. The summed E-state index contributed by atoms with van der Waals surface area (Å²) in [7, 11) is 3.16. The highest BCUT2D eigenvalue weighted by Crippen LogP contribution is 2.35. The molecule has 29 heavy (non-hydrogen) atoms. The fraction of sp³-hybridized carbons (Fsp3) is 0.227. The van der Waals surface area contributed by atoms with Crippen LogP contribution in [-0.4, -0.2) is 30.4 Å². The second kappa shape index (κ2) is 8.84. The van der Waals surface area contributed by atoms with Gasteiger partial charge < -0.3 is 14.8 Å². The fourth-order valence-electron chi connectivity index (χ4n) is 3.00. The van der Waals surface area contributed by atoms with E-state index in [9.17, 15) is 5.26 Å². The van der Waals surface area contributed by atoms with E-state index in [0.717, 1.165) is 16.8 Å². The molecular weight excluding hydrogens is 384 g/mol. The van der Waals surface area contributed by atoms with E-state index in [0.29, 0.717) is 33.7 Å². The maximum absolute atomic E-state index is 9.91. The van der Waals surface area contributed by atoms with E-state index in [1.807, 2.05) is 44.4 Å². The molecule has 3 rings (SSSR count). The van der Waals surface area contributed by atoms with Crippen LogP contribution in [0.2, 0.25) is 0 Å². The zero-order valence-corrected chi connectivity index (χ0v) is 17.8. The van der Waals surface area contributed by atoms with Gasteiger partial charge in [0.15, 0.2) is 22.5 Å². The monoisotopic (exact) mass is 406 g/mol. The Bertz CT molecular complexity index is 1090. The Balaban J connectivity index is 2.16. The van der Waals surface area contributed by atoms with Gasteiger partial charge in [0.05, 0.1) is 19.9 Å². The van der Waals surface area contributed by atoms with Crippen LogP contribution in [0.25, 0.3) is 11.3 Å². The maximum Gasteiger partial charge on any atom is 0.189 e. The number of nitriles is 1. The number of thioether (sulfide) groups is 1. The van der Waals surface area contributed by atoms with E-state index < -0.39 is 0 Å². The largest absolute Gasteiger partial charge is 0.493 e. The molecule has 0 aliphatic rings. The minimum atomic E-state index is 0.370. The zero-order valence-electron chi connectivity index (χ0n) is 17.0. The highest BCUT2D eigenvalue weighted by atomic mass is 32.2. The Kier molecular flexibility index (Phi) is 6.25. The lowest BCUT2D eigenvalue weighted by Crippen LogP contribution is -2.04. The molecule has 2 aromatic carbocycles. The second-order valence-electron chi connectivity index (χ2n) is 6.41. The van der Waals surface area contributed by atoms with E-state index in [-0.39, 0.29) is 0 Å². The summed E-state index contributed by atoms with van der Waals surface area (Å²) in [5.41, 5.74) is 4.81. The smallest absolute Gasteiger partial charge is 0.189 e. The number of ether oxygens (including phenoxy) is 2. The molecule has 0 aliphatic heterocycles. The van der Waals surface area contributed by atoms with Gasteiger partial charge in [-0.1, -0.05) is 29.5 Å². The molecule has 0 unspecified atom stereocenters. The predicted molar refractivity (Wildman–Crippen MR) is 116 cm³/mol. The molecule has 1 aromatic heterocycles. The van der Waals surface area contributed by atoms with E-state index in [1.165, 1.54) is 17.3 Å². The van der Waals surface area contributed by atoms with Crippen LogP contribution in [0.15, 0.2) is 41.6 Å². The van der Waals surface area contributed by atoms with Gasteiger partial charge in [-0.2, -0.15) is 5.26 Å². The van der Waals surface area contributed by atoms with Gasteiger partial charge in [-0.3, -0.25) is 0 Å². The van der Waals surface area contributed by atoms with Crippen molar-refractivity contribution in [2.45, 2.75) is 19.0 Å². The molecular formula is C22H22N4O2S. The van der Waals surface area contributed by atoms with Gasteiger partial charge >= 0.3 is 0 Å². The third kappa shape index (κ3) is 4.28. The van der Waals surface area contributed by atoms with Crippen LogP contribution in [0, 0.1) is 25.2 Å². The Hall–Kier alpha value is -3.24. The molecule has 3 aromatic rings. The molecule has 148 valence electrons. The molecule has 0 saturated carbocycles. The van der Waals surface area contributed by atoms with Gasteiger partial charge in [-0.15, -0.1) is 0 Å². The first kappa shape index (κ1) is 20.5. The van der Waals surface area contributed by atoms with E-state index in [1.54, 1.807) is 20.3 Å². The summed E-state index contributed by atoms with van der Waals surface area (Å²) in [4.78, 5) is 9.14. The molecule has 0 fully saturated rings. The van der Waals surface area contributed by atoms with Crippen LogP contribution < -0.4 is 14.8 Å². The van der Waals surface area contributed by atoms with Crippen molar-refractivity contribution in [2.75, 3.05) is 25.8 Å². The lowest BCUT2D eigenvalue weighted by atomic mass is 10.1. The highest BCUT2D eigenvalue weighted by molar-refractivity contribution is 7.98. The molecule has 0 atom stereocenters. The number of aryl methyl sites for hydroxylation is 2. The van der Waals surface area contributed by atoms with Crippen molar-refractivity contribution in [2.24, 2.45) is 0 Å². The number of hydrogen-bond acceptors (Lipinski definition) is 7. The number of nitrogens with one attached hydrogen (secondary N) is 1. The van der Waals surface area contributed by atoms with Crippen molar-refractivity contribution in [1.82, 2.24) is 9.97 Å². The molecule has 0 spiro atoms. The normalized spacial score (nSPS) is 10.3. The first-order valence-corrected chi connectivity index (χ1v) is 10.2. The van der Waals surface area contributed by atoms with Crippen molar-refractivity contribution in [3.8, 4) is 28.8 Å². The molecule has 0 aliphatic carbocycles. The first-order valence-electron chi connectivity index (χ1n) is 8.93. The van der Waals surface area contributed by atoms with Crippen molar-refractivity contribution in [1.29, 1.82) is 5.26 Å². The summed E-state index contributed by atoms with van der Waals surface area (Å²) in [6, 6.07) is 13.8. The summed E-state index contributed by atoms with van der Waals surface area (Å²) in [5.74, 6) is 1.66. The third-order valence-corrected chi connectivity index (χ3v) is 5.02. The number of aromatic nitrogens is 2. The number of nitrogens with zero attached hydrogens (tertiary/aromatic N) is 3. The predicted octanol–water partition coefficient (Wildman–Crippen LogP) is 5.11. The lowest BCUT2D eigenvalue weighted by molar-refractivity contribution is 0.355. The Morgan fingerprint density at radius 1 is 1.00 bits per heavy atom. The van der Waals surface area contributed by atoms with E-state index in [4.69, 9.17) is 9.47 Å². The van der Waals surface area contributed by atoms with Gasteiger partial charge in [0, 0.05) is 11.3 Å². The van der Waals surface area contributed by atoms with Gasteiger partial charge in [-0.05, 0) is 49.9 Å². The minimum Gasteiger partial charge on any atom is -0.493 e. The molecule has 1 heterocycles. The van der Waals surface area contributed by atoms with Gasteiger partial charge in [-0.25, -0.2) is 9.97 Å². The molecule has 0 radical (unpaired) electrons. The topological polar surface area (TPSA) is 80.1 Å². The average molecular weight is 407 g/mol. The molecule has 7 heteroatoms. The van der Waals surface area contributed by atoms with Crippen molar-refractivity contribution in [3.05, 3.63) is 53.1 Å². The number of benzene rings is 2. The summed E-state index contributed by atoms with van der Waals surface area (Å²) < 4.78 is 10.7. The fourth-order valence-corrected chi connectivity index (χ4v) is 3.37. The van der Waals surface area contributed by atoms with Gasteiger partial charge in [0.2, 0.25) is 0 Å². The van der Waals surface area contributed by atoms with Crippen LogP contribution in [0.4, 0.5) is 11.5 Å². The molecule has 0 amide bonds. The Labute approximate surface area is 174 Å². The molecule has 0 saturated heterocycles. The highest BCUT2D eigenvalue weighted by Gasteiger charge is 2.18. The number of hydrogen-bond donors (Lipinski definition) is 1. The zero-order chi connectivity index (χ0) is 21.0. The van der Waals surface area contributed by atoms with Crippen molar-refractivity contribution < 1.29 is 9.47 Å². The summed E-state index contributed by atoms with van der Waals surface area (Å²) in [6.07, 6.45) is 1.90. The number of methoxy groups -OCH3 is 2. The van der Waals surface area contributed by atoms with Crippen LogP contribution in [0.3, 0.4) is 0 Å². The minimum absolute atomic E-state index is 0.370. The Morgan fingerprint density at radius 3 is 2.38 bits per heavy atom. The second-order valence-corrected chi connectivity index (χ2v) is 7.18.